The molecule has 0 aliphatic rings. The number of aldehydes is 1. The molecule has 15 heteroatoms. The summed E-state index contributed by atoms with van der Waals surface area (Å²) in [5, 5.41) is 10.6. The summed E-state index contributed by atoms with van der Waals surface area (Å²) in [6, 6.07) is 7.33. The Balaban J connectivity index is 0.00000133. The number of ether oxygens (including phenoxy) is 2. The van der Waals surface area contributed by atoms with E-state index >= 15 is 0 Å². The number of nitrogens with one attached hydrogen (secondary N) is 2. The normalized spacial score (nSPS) is 10.5. The fraction of sp³-hybridized carbons (Fsp3) is 0.367. The summed E-state index contributed by atoms with van der Waals surface area (Å²) >= 11 is 1.33. The Bertz CT molecular complexity index is 1580. The van der Waals surface area contributed by atoms with Gasteiger partial charge in [-0.15, -0.1) is 11.3 Å². The van der Waals surface area contributed by atoms with Crippen molar-refractivity contribution in [2.24, 2.45) is 11.5 Å². The summed E-state index contributed by atoms with van der Waals surface area (Å²) in [5.41, 5.74) is 19.2. The molecular weight excluding hydrogens is 598 g/mol. The van der Waals surface area contributed by atoms with Gasteiger partial charge in [-0.2, -0.15) is 5.10 Å². The molecule has 4 aromatic rings. The first-order valence-corrected chi connectivity index (χ1v) is 15.0. The maximum Gasteiger partial charge on any atom is 0.276 e. The van der Waals surface area contributed by atoms with Gasteiger partial charge >= 0.3 is 0 Å². The van der Waals surface area contributed by atoms with Crippen molar-refractivity contribution < 1.29 is 23.9 Å². The molecule has 0 bridgehead atoms. The number of nitrogens with two attached hydrogens (primary N) is 3. The van der Waals surface area contributed by atoms with Crippen LogP contribution in [0.3, 0.4) is 0 Å². The Hall–Kier alpha value is -4.73. The monoisotopic (exact) mass is 641 g/mol. The second-order valence-electron chi connectivity index (χ2n) is 9.35. The lowest BCUT2D eigenvalue weighted by atomic mass is 10.1. The summed E-state index contributed by atoms with van der Waals surface area (Å²) in [7, 11) is 3.16. The van der Waals surface area contributed by atoms with Gasteiger partial charge in [0.2, 0.25) is 12.4 Å². The van der Waals surface area contributed by atoms with Crippen molar-refractivity contribution in [1.29, 1.82) is 0 Å². The number of methoxy groups -OCH3 is 1. The number of hydrogen-bond donors (Lipinski definition) is 5. The Kier molecular flexibility index (Phi) is 15.3. The highest BCUT2D eigenvalue weighted by atomic mass is 32.1. The number of amides is 2. The molecule has 3 heterocycles. The molecular formula is C30H43N9O5S. The molecule has 1 aromatic carbocycles. The fourth-order valence-corrected chi connectivity index (χ4v) is 5.21. The van der Waals surface area contributed by atoms with Crippen LogP contribution in [0.25, 0.3) is 10.3 Å². The van der Waals surface area contributed by atoms with Crippen LogP contribution in [0.4, 0.5) is 17.3 Å². The van der Waals surface area contributed by atoms with Crippen molar-refractivity contribution in [3.05, 3.63) is 58.2 Å². The van der Waals surface area contributed by atoms with E-state index in [0.29, 0.717) is 66.3 Å². The minimum absolute atomic E-state index is 0.250. The highest BCUT2D eigenvalue weighted by Crippen LogP contribution is 2.33. The van der Waals surface area contributed by atoms with Crippen LogP contribution in [-0.4, -0.2) is 71.9 Å². The summed E-state index contributed by atoms with van der Waals surface area (Å²) in [5.74, 6) is 0.803. The molecule has 0 atom stereocenters. The van der Waals surface area contributed by atoms with Crippen LogP contribution in [0.15, 0.2) is 36.4 Å². The zero-order chi connectivity index (χ0) is 33.4. The lowest BCUT2D eigenvalue weighted by Gasteiger charge is -2.16. The van der Waals surface area contributed by atoms with Gasteiger partial charge in [-0.3, -0.25) is 28.9 Å². The number of carbonyl (C=O) groups is 3. The quantitative estimate of drug-likeness (QED) is 0.0587. The molecule has 0 fully saturated rings. The number of rotatable bonds is 14. The van der Waals surface area contributed by atoms with Gasteiger partial charge in [0, 0.05) is 39.8 Å². The van der Waals surface area contributed by atoms with E-state index < -0.39 is 0 Å². The van der Waals surface area contributed by atoms with E-state index in [-0.39, 0.29) is 12.3 Å². The lowest BCUT2D eigenvalue weighted by Crippen LogP contribution is -2.19. The lowest BCUT2D eigenvalue weighted by molar-refractivity contribution is -0.106. The Morgan fingerprint density at radius 2 is 1.84 bits per heavy atom. The molecule has 8 N–H and O–H groups in total. The van der Waals surface area contributed by atoms with E-state index in [1.165, 1.54) is 18.4 Å². The largest absolute Gasteiger partial charge is 0.491 e. The summed E-state index contributed by atoms with van der Waals surface area (Å²) < 4.78 is 14.6. The number of nitrogens with zero attached hydrogens (tertiary/aromatic N) is 4. The van der Waals surface area contributed by atoms with E-state index in [1.807, 2.05) is 49.6 Å². The number of carbonyl (C=O) groups excluding carboxylic acids is 3. The van der Waals surface area contributed by atoms with Gasteiger partial charge in [-0.05, 0) is 57.6 Å². The second kappa shape index (κ2) is 18.8. The number of imidazole rings is 1. The molecule has 0 spiro atoms. The molecule has 45 heavy (non-hydrogen) atoms. The van der Waals surface area contributed by atoms with Crippen LogP contribution >= 0.6 is 11.3 Å². The number of primary amides is 1. The standard InChI is InChI=1S/C28H35N7O4S.CH3NO.CH5N/c1-5-35-23(15-19(3)33-35)26(37)32-28-31-22-16-20(17-36)40-27(22)34(28)10-7-6-9-30-25-21(29)13-18(2)14-24(25)39-12-8-11-38-4;2-1-3;1-2/h6-7,13-17,30H,5,8-12,29H2,1-4H3,(H,31,32,37);1H,(H2,2,3);2H2,1H3/b7-6+;;. The van der Waals surface area contributed by atoms with Crippen molar-refractivity contribution in [2.75, 3.05) is 50.3 Å². The average Bonchev–Trinajstić information content (AvgIpc) is 3.70. The van der Waals surface area contributed by atoms with Crippen LogP contribution in [0.2, 0.25) is 0 Å². The summed E-state index contributed by atoms with van der Waals surface area (Å²) in [6.45, 7) is 8.40. The number of benzene rings is 1. The Morgan fingerprint density at radius 3 is 2.51 bits per heavy atom. The van der Waals surface area contributed by atoms with Crippen molar-refractivity contribution in [3.8, 4) is 5.75 Å². The van der Waals surface area contributed by atoms with Gasteiger partial charge in [-0.1, -0.05) is 12.2 Å². The third-order valence-corrected chi connectivity index (χ3v) is 7.17. The van der Waals surface area contributed by atoms with Crippen LogP contribution in [0.1, 0.15) is 44.8 Å². The smallest absolute Gasteiger partial charge is 0.276 e. The number of fused-ring (bicyclic) bond motifs is 1. The van der Waals surface area contributed by atoms with Gasteiger partial charge in [0.1, 0.15) is 27.5 Å². The molecule has 2 amide bonds. The van der Waals surface area contributed by atoms with Crippen LogP contribution in [0, 0.1) is 13.8 Å². The van der Waals surface area contributed by atoms with E-state index in [9.17, 15) is 9.59 Å². The molecule has 0 radical (unpaired) electrons. The maximum atomic E-state index is 13.1. The average molecular weight is 642 g/mol. The highest BCUT2D eigenvalue weighted by molar-refractivity contribution is 7.20. The van der Waals surface area contributed by atoms with Crippen LogP contribution < -0.4 is 32.6 Å². The minimum Gasteiger partial charge on any atom is -0.491 e. The molecule has 0 saturated carbocycles. The first-order valence-electron chi connectivity index (χ1n) is 14.2. The minimum atomic E-state index is -0.296. The predicted molar refractivity (Wildman–Crippen MR) is 179 cm³/mol. The zero-order valence-corrected chi connectivity index (χ0v) is 27.1. The number of anilines is 3. The Labute approximate surface area is 266 Å². The van der Waals surface area contributed by atoms with E-state index in [0.717, 1.165) is 34.5 Å². The highest BCUT2D eigenvalue weighted by Gasteiger charge is 2.19. The van der Waals surface area contributed by atoms with Crippen LogP contribution in [-0.2, 0) is 22.6 Å². The molecule has 3 aromatic heterocycles. The van der Waals surface area contributed by atoms with Crippen molar-refractivity contribution in [3.63, 3.8) is 0 Å². The summed E-state index contributed by atoms with van der Waals surface area (Å²) in [4.78, 5) is 39.0. The van der Waals surface area contributed by atoms with Gasteiger partial charge < -0.3 is 32.0 Å². The number of thiophene rings is 1. The fourth-order valence-electron chi connectivity index (χ4n) is 4.28. The molecule has 0 aliphatic carbocycles. The molecule has 244 valence electrons. The second-order valence-corrected chi connectivity index (χ2v) is 10.4. The molecule has 0 unspecified atom stereocenters. The first-order chi connectivity index (χ1) is 21.8. The predicted octanol–water partition coefficient (Wildman–Crippen LogP) is 3.34. The van der Waals surface area contributed by atoms with Crippen LogP contribution in [0.5, 0.6) is 5.75 Å². The number of hydrogen-bond acceptors (Lipinski definition) is 11. The molecule has 14 nitrogen and oxygen atoms in total. The van der Waals surface area contributed by atoms with E-state index in [2.05, 4.69) is 32.2 Å². The van der Waals surface area contributed by atoms with Gasteiger partial charge in [0.25, 0.3) is 5.91 Å². The molecule has 0 aliphatic heterocycles. The van der Waals surface area contributed by atoms with E-state index in [4.69, 9.17) is 20.0 Å². The first kappa shape index (κ1) is 36.5. The maximum absolute atomic E-state index is 13.1. The van der Waals surface area contributed by atoms with Gasteiger partial charge in [0.05, 0.1) is 22.9 Å². The van der Waals surface area contributed by atoms with Gasteiger partial charge in [0.15, 0.2) is 6.29 Å². The van der Waals surface area contributed by atoms with Crippen molar-refractivity contribution in [2.45, 2.75) is 40.3 Å². The number of aromatic nitrogens is 4. The number of allylic oxidation sites excluding steroid dienone is 1. The molecule has 0 saturated heterocycles. The molecule has 4 rings (SSSR count). The number of aryl methyl sites for hydroxylation is 3. The Morgan fingerprint density at radius 1 is 1.11 bits per heavy atom. The third kappa shape index (κ3) is 10.2. The SMILES string of the molecule is CCn1nc(C)cc1C(=O)Nc1nc2cc(C=O)sc2n1C/C=C/CNc1c(N)cc(C)cc1OCCCOC.CN.NC=O. The van der Waals surface area contributed by atoms with Gasteiger partial charge in [-0.25, -0.2) is 4.98 Å². The third-order valence-electron chi connectivity index (χ3n) is 6.09. The number of nitrogen functional groups attached to an aromatic ring is 1. The van der Waals surface area contributed by atoms with Crippen molar-refractivity contribution >= 4 is 57.6 Å². The zero-order valence-electron chi connectivity index (χ0n) is 26.3. The van der Waals surface area contributed by atoms with Crippen molar-refractivity contribution in [1.82, 2.24) is 19.3 Å². The summed E-state index contributed by atoms with van der Waals surface area (Å²) in [6.07, 6.45) is 5.76. The van der Waals surface area contributed by atoms with E-state index in [1.54, 1.807) is 23.9 Å². The topological polar surface area (TPSA) is 207 Å².